The van der Waals surface area contributed by atoms with Crippen molar-refractivity contribution in [2.75, 3.05) is 11.9 Å². The summed E-state index contributed by atoms with van der Waals surface area (Å²) in [5.41, 5.74) is 0.700. The van der Waals surface area contributed by atoms with Crippen molar-refractivity contribution in [2.45, 2.75) is 39.0 Å². The van der Waals surface area contributed by atoms with E-state index in [1.54, 1.807) is 36.4 Å². The smallest absolute Gasteiger partial charge is 0.336 e. The molecule has 0 heterocycles. The predicted molar refractivity (Wildman–Crippen MR) is 102 cm³/mol. The molecule has 2 rings (SSSR count). The van der Waals surface area contributed by atoms with E-state index in [2.05, 4.69) is 12.2 Å². The molecule has 0 radical (unpaired) electrons. The molecule has 2 aromatic carbocycles. The van der Waals surface area contributed by atoms with E-state index in [9.17, 15) is 14.7 Å². The van der Waals surface area contributed by atoms with Crippen LogP contribution < -0.4 is 10.1 Å². The van der Waals surface area contributed by atoms with Gasteiger partial charge in [-0.3, -0.25) is 4.79 Å². The Labute approximate surface area is 154 Å². The fourth-order valence-electron chi connectivity index (χ4n) is 2.60. The molecule has 0 aliphatic heterocycles. The van der Waals surface area contributed by atoms with E-state index in [4.69, 9.17) is 4.74 Å². The van der Waals surface area contributed by atoms with Gasteiger partial charge < -0.3 is 15.2 Å². The van der Waals surface area contributed by atoms with Crippen LogP contribution in [0.1, 0.15) is 59.7 Å². The number of carbonyl (C=O) groups is 2. The van der Waals surface area contributed by atoms with E-state index in [-0.39, 0.29) is 11.1 Å². The van der Waals surface area contributed by atoms with Gasteiger partial charge in [0.2, 0.25) is 0 Å². The van der Waals surface area contributed by atoms with Crippen LogP contribution in [-0.4, -0.2) is 23.6 Å². The maximum absolute atomic E-state index is 12.3. The van der Waals surface area contributed by atoms with Gasteiger partial charge in [-0.25, -0.2) is 4.79 Å². The number of unbranched alkanes of at least 4 members (excludes halogenated alkanes) is 4. The molecule has 0 aromatic heterocycles. The molecular formula is C21H25NO4. The number of carboxylic acid groups (broad SMARTS) is 1. The third-order valence-electron chi connectivity index (χ3n) is 4.03. The summed E-state index contributed by atoms with van der Waals surface area (Å²) in [7, 11) is 0. The Hall–Kier alpha value is -2.82. The number of aromatic carboxylic acids is 1. The minimum Gasteiger partial charge on any atom is -0.494 e. The molecule has 0 fully saturated rings. The molecule has 0 aliphatic rings. The Bertz CT molecular complexity index is 725. The molecule has 5 heteroatoms. The summed E-state index contributed by atoms with van der Waals surface area (Å²) in [4.78, 5) is 23.5. The number of hydrogen-bond donors (Lipinski definition) is 2. The van der Waals surface area contributed by atoms with E-state index in [0.29, 0.717) is 12.3 Å². The first-order valence-corrected chi connectivity index (χ1v) is 8.98. The fraction of sp³-hybridized carbons (Fsp3) is 0.333. The number of carbonyl (C=O) groups excluding carboxylic acids is 1. The highest BCUT2D eigenvalue weighted by atomic mass is 16.5. The highest BCUT2D eigenvalue weighted by Crippen LogP contribution is 2.18. The fourth-order valence-corrected chi connectivity index (χ4v) is 2.60. The van der Waals surface area contributed by atoms with Crippen LogP contribution in [0.15, 0.2) is 48.5 Å². The summed E-state index contributed by atoms with van der Waals surface area (Å²) in [6.45, 7) is 2.87. The van der Waals surface area contributed by atoms with Gasteiger partial charge in [0.15, 0.2) is 0 Å². The van der Waals surface area contributed by atoms with Crippen molar-refractivity contribution in [3.63, 3.8) is 0 Å². The third kappa shape index (κ3) is 5.92. The molecule has 0 atom stereocenters. The van der Waals surface area contributed by atoms with Crippen LogP contribution >= 0.6 is 0 Å². The number of benzene rings is 2. The van der Waals surface area contributed by atoms with Crippen LogP contribution in [0.25, 0.3) is 0 Å². The quantitative estimate of drug-likeness (QED) is 0.589. The minimum atomic E-state index is -1.13. The van der Waals surface area contributed by atoms with Gasteiger partial charge in [0.25, 0.3) is 5.91 Å². The first-order valence-electron chi connectivity index (χ1n) is 8.98. The van der Waals surface area contributed by atoms with Crippen LogP contribution in [0, 0.1) is 0 Å². The third-order valence-corrected chi connectivity index (χ3v) is 4.03. The normalized spacial score (nSPS) is 10.3. The van der Waals surface area contributed by atoms with Crippen molar-refractivity contribution in [3.8, 4) is 5.75 Å². The lowest BCUT2D eigenvalue weighted by molar-refractivity contribution is 0.0692. The largest absolute Gasteiger partial charge is 0.494 e. The summed E-state index contributed by atoms with van der Waals surface area (Å²) in [6.07, 6.45) is 5.93. The summed E-state index contributed by atoms with van der Waals surface area (Å²) in [5, 5.41) is 11.9. The lowest BCUT2D eigenvalue weighted by Gasteiger charge is -2.09. The second kappa shape index (κ2) is 10.2. The van der Waals surface area contributed by atoms with Gasteiger partial charge >= 0.3 is 5.97 Å². The van der Waals surface area contributed by atoms with Crippen molar-refractivity contribution in [1.82, 2.24) is 0 Å². The summed E-state index contributed by atoms with van der Waals surface area (Å²) in [6, 6.07) is 13.2. The molecule has 0 bridgehead atoms. The zero-order valence-corrected chi connectivity index (χ0v) is 15.0. The lowest BCUT2D eigenvalue weighted by atomic mass is 10.1. The number of hydrogen-bond acceptors (Lipinski definition) is 3. The molecule has 2 aromatic rings. The molecule has 0 spiro atoms. The number of nitrogens with one attached hydrogen (secondary N) is 1. The highest BCUT2D eigenvalue weighted by molar-refractivity contribution is 6.10. The Morgan fingerprint density at radius 2 is 1.58 bits per heavy atom. The molecular weight excluding hydrogens is 330 g/mol. The number of rotatable bonds is 10. The number of amides is 1. The van der Waals surface area contributed by atoms with Crippen LogP contribution in [0.5, 0.6) is 5.75 Å². The minimum absolute atomic E-state index is 0.0203. The van der Waals surface area contributed by atoms with Crippen molar-refractivity contribution in [2.24, 2.45) is 0 Å². The van der Waals surface area contributed by atoms with Gasteiger partial charge in [-0.1, -0.05) is 44.7 Å². The van der Waals surface area contributed by atoms with Gasteiger partial charge in [-0.2, -0.15) is 0 Å². The summed E-state index contributed by atoms with van der Waals surface area (Å²) < 4.78 is 5.69. The number of ether oxygens (including phenoxy) is 1. The first kappa shape index (κ1) is 19.5. The first-order chi connectivity index (χ1) is 12.6. The second-order valence-electron chi connectivity index (χ2n) is 6.09. The summed E-state index contributed by atoms with van der Waals surface area (Å²) >= 11 is 0. The second-order valence-corrected chi connectivity index (χ2v) is 6.09. The van der Waals surface area contributed by atoms with Gasteiger partial charge in [-0.05, 0) is 42.8 Å². The van der Waals surface area contributed by atoms with Gasteiger partial charge in [0.05, 0.1) is 17.7 Å². The topological polar surface area (TPSA) is 75.6 Å². The Morgan fingerprint density at radius 3 is 2.23 bits per heavy atom. The molecule has 2 N–H and O–H groups in total. The lowest BCUT2D eigenvalue weighted by Crippen LogP contribution is -2.16. The maximum Gasteiger partial charge on any atom is 0.336 e. The van der Waals surface area contributed by atoms with E-state index in [1.165, 1.54) is 37.8 Å². The van der Waals surface area contributed by atoms with Gasteiger partial charge in [0, 0.05) is 5.69 Å². The van der Waals surface area contributed by atoms with Crippen molar-refractivity contribution in [1.29, 1.82) is 0 Å². The molecule has 26 heavy (non-hydrogen) atoms. The van der Waals surface area contributed by atoms with Crippen LogP contribution in [-0.2, 0) is 0 Å². The van der Waals surface area contributed by atoms with E-state index in [1.807, 2.05) is 0 Å². The summed E-state index contributed by atoms with van der Waals surface area (Å²) in [5.74, 6) is -0.824. The molecule has 1 amide bonds. The van der Waals surface area contributed by atoms with E-state index < -0.39 is 11.9 Å². The molecule has 0 unspecified atom stereocenters. The number of carboxylic acids is 1. The number of anilines is 1. The monoisotopic (exact) mass is 355 g/mol. The van der Waals surface area contributed by atoms with Crippen molar-refractivity contribution in [3.05, 3.63) is 59.7 Å². The van der Waals surface area contributed by atoms with Gasteiger partial charge in [0.1, 0.15) is 5.75 Å². The van der Waals surface area contributed by atoms with Crippen LogP contribution in [0.2, 0.25) is 0 Å². The molecule has 0 saturated carbocycles. The molecule has 0 saturated heterocycles. The maximum atomic E-state index is 12.3. The Kier molecular flexibility index (Phi) is 7.68. The molecule has 5 nitrogen and oxygen atoms in total. The van der Waals surface area contributed by atoms with Crippen LogP contribution in [0.4, 0.5) is 5.69 Å². The van der Waals surface area contributed by atoms with E-state index in [0.717, 1.165) is 12.2 Å². The van der Waals surface area contributed by atoms with Crippen molar-refractivity contribution >= 4 is 17.6 Å². The SMILES string of the molecule is CCCCCCCOc1ccc(NC(=O)c2ccccc2C(=O)O)cc1. The van der Waals surface area contributed by atoms with Gasteiger partial charge in [-0.15, -0.1) is 0 Å². The highest BCUT2D eigenvalue weighted by Gasteiger charge is 2.15. The molecule has 138 valence electrons. The van der Waals surface area contributed by atoms with Crippen molar-refractivity contribution < 1.29 is 19.4 Å². The van der Waals surface area contributed by atoms with E-state index >= 15 is 0 Å². The average Bonchev–Trinajstić information content (AvgIpc) is 2.65. The Morgan fingerprint density at radius 1 is 0.923 bits per heavy atom. The Balaban J connectivity index is 1.87. The molecule has 0 aliphatic carbocycles. The zero-order chi connectivity index (χ0) is 18.8. The standard InChI is InChI=1S/C21H25NO4/c1-2-3-4-5-8-15-26-17-13-11-16(12-14-17)22-20(23)18-9-6-7-10-19(18)21(24)25/h6-7,9-14H,2-5,8,15H2,1H3,(H,22,23)(H,24,25). The van der Waals surface area contributed by atoms with Crippen LogP contribution in [0.3, 0.4) is 0 Å². The zero-order valence-electron chi connectivity index (χ0n) is 15.0. The predicted octanol–water partition coefficient (Wildman–Crippen LogP) is 4.99. The average molecular weight is 355 g/mol.